The lowest BCUT2D eigenvalue weighted by Crippen LogP contribution is -2.51. The quantitative estimate of drug-likeness (QED) is 0.654. The fourth-order valence-electron chi connectivity index (χ4n) is 2.14. The van der Waals surface area contributed by atoms with Crippen molar-refractivity contribution in [3.8, 4) is 5.75 Å². The van der Waals surface area contributed by atoms with Crippen molar-refractivity contribution in [2.45, 2.75) is 39.3 Å². The van der Waals surface area contributed by atoms with Crippen LogP contribution in [0, 0.1) is 5.92 Å². The minimum atomic E-state index is -0.800. The number of carbonyl (C=O) groups excluding carboxylic acids is 3. The topological polar surface area (TPSA) is 93.7 Å². The fraction of sp³-hybridized carbons (Fsp3) is 0.500. The van der Waals surface area contributed by atoms with Crippen molar-refractivity contribution in [2.24, 2.45) is 5.92 Å². The Hall–Kier alpha value is -2.57. The summed E-state index contributed by atoms with van der Waals surface area (Å²) in [6, 6.07) is 7.36. The largest absolute Gasteiger partial charge is 0.484 e. The highest BCUT2D eigenvalue weighted by atomic mass is 16.5. The highest BCUT2D eigenvalue weighted by Crippen LogP contribution is 2.08. The molecule has 0 spiro atoms. The van der Waals surface area contributed by atoms with Gasteiger partial charge in [-0.3, -0.25) is 9.59 Å². The van der Waals surface area contributed by atoms with E-state index in [2.05, 4.69) is 10.6 Å². The van der Waals surface area contributed by atoms with E-state index in [4.69, 9.17) is 9.47 Å². The maximum Gasteiger partial charge on any atom is 0.328 e. The van der Waals surface area contributed by atoms with Gasteiger partial charge in [0, 0.05) is 0 Å². The third-order valence-electron chi connectivity index (χ3n) is 3.39. The van der Waals surface area contributed by atoms with E-state index in [0.29, 0.717) is 12.2 Å². The van der Waals surface area contributed by atoms with Gasteiger partial charge < -0.3 is 20.1 Å². The Morgan fingerprint density at radius 2 is 1.68 bits per heavy atom. The van der Waals surface area contributed by atoms with Gasteiger partial charge in [0.1, 0.15) is 17.8 Å². The highest BCUT2D eigenvalue weighted by Gasteiger charge is 2.25. The summed E-state index contributed by atoms with van der Waals surface area (Å²) in [6.45, 7) is 5.22. The molecule has 25 heavy (non-hydrogen) atoms. The minimum absolute atomic E-state index is 0.200. The van der Waals surface area contributed by atoms with Crippen LogP contribution in [0.15, 0.2) is 30.3 Å². The molecule has 0 radical (unpaired) electrons. The van der Waals surface area contributed by atoms with Crippen molar-refractivity contribution >= 4 is 17.8 Å². The number of esters is 1. The first-order valence-corrected chi connectivity index (χ1v) is 8.19. The van der Waals surface area contributed by atoms with Gasteiger partial charge in [0.15, 0.2) is 6.61 Å². The van der Waals surface area contributed by atoms with Gasteiger partial charge in [-0.15, -0.1) is 0 Å². The van der Waals surface area contributed by atoms with Crippen molar-refractivity contribution in [2.75, 3.05) is 13.7 Å². The molecule has 1 aromatic carbocycles. The third-order valence-corrected chi connectivity index (χ3v) is 3.39. The van der Waals surface area contributed by atoms with Crippen LogP contribution in [0.4, 0.5) is 0 Å². The molecule has 0 aliphatic carbocycles. The van der Waals surface area contributed by atoms with Crippen LogP contribution in [0.3, 0.4) is 0 Å². The number of amides is 2. The molecular formula is C18H26N2O5. The first kappa shape index (κ1) is 20.5. The van der Waals surface area contributed by atoms with Crippen LogP contribution in [0.5, 0.6) is 5.75 Å². The van der Waals surface area contributed by atoms with E-state index in [9.17, 15) is 14.4 Å². The second-order valence-electron chi connectivity index (χ2n) is 6.10. The molecule has 0 fully saturated rings. The van der Waals surface area contributed by atoms with Gasteiger partial charge in [0.2, 0.25) is 5.91 Å². The van der Waals surface area contributed by atoms with E-state index in [0.717, 1.165) is 0 Å². The summed E-state index contributed by atoms with van der Waals surface area (Å²) in [4.78, 5) is 35.8. The number of hydrogen-bond donors (Lipinski definition) is 2. The van der Waals surface area contributed by atoms with Gasteiger partial charge in [-0.25, -0.2) is 4.79 Å². The summed E-state index contributed by atoms with van der Waals surface area (Å²) in [6.07, 6.45) is 0.455. The Morgan fingerprint density at radius 1 is 1.04 bits per heavy atom. The summed E-state index contributed by atoms with van der Waals surface area (Å²) in [5.41, 5.74) is 0. The lowest BCUT2D eigenvalue weighted by atomic mass is 10.0. The van der Waals surface area contributed by atoms with Crippen LogP contribution in [-0.4, -0.2) is 43.6 Å². The maximum absolute atomic E-state index is 12.2. The summed E-state index contributed by atoms with van der Waals surface area (Å²) < 4.78 is 10.0. The standard InChI is InChI=1S/C18H26N2O5/c1-12(2)10-15(18(23)24-4)20-17(22)13(3)19-16(21)11-25-14-8-6-5-7-9-14/h5-9,12-13,15H,10-11H2,1-4H3,(H,19,21)(H,20,22)/t13-,15+/m0/s1. The number of para-hydroxylation sites is 1. The average molecular weight is 350 g/mol. The molecule has 0 aliphatic heterocycles. The number of rotatable bonds is 9. The summed E-state index contributed by atoms with van der Waals surface area (Å²) in [5.74, 6) is -0.618. The van der Waals surface area contributed by atoms with E-state index in [1.807, 2.05) is 19.9 Å². The van der Waals surface area contributed by atoms with Gasteiger partial charge in [-0.1, -0.05) is 32.0 Å². The molecule has 0 unspecified atom stereocenters. The summed E-state index contributed by atoms with van der Waals surface area (Å²) >= 11 is 0. The predicted octanol–water partition coefficient (Wildman–Crippen LogP) is 1.27. The second kappa shape index (κ2) is 10.3. The van der Waals surface area contributed by atoms with Gasteiger partial charge in [-0.05, 0) is 31.4 Å². The first-order chi connectivity index (χ1) is 11.8. The number of carbonyl (C=O) groups is 3. The van der Waals surface area contributed by atoms with Crippen LogP contribution in [0.25, 0.3) is 0 Å². The number of benzene rings is 1. The molecule has 2 N–H and O–H groups in total. The molecule has 0 aliphatic rings. The van der Waals surface area contributed by atoms with E-state index in [1.165, 1.54) is 7.11 Å². The molecule has 0 bridgehead atoms. The number of hydrogen-bond acceptors (Lipinski definition) is 5. The summed E-state index contributed by atoms with van der Waals surface area (Å²) in [7, 11) is 1.27. The molecule has 138 valence electrons. The third kappa shape index (κ3) is 7.69. The molecular weight excluding hydrogens is 324 g/mol. The Bertz CT molecular complexity index is 574. The zero-order valence-corrected chi connectivity index (χ0v) is 15.1. The Labute approximate surface area is 148 Å². The second-order valence-corrected chi connectivity index (χ2v) is 6.10. The van der Waals surface area contributed by atoms with Crippen LogP contribution in [0.2, 0.25) is 0 Å². The molecule has 0 aromatic heterocycles. The van der Waals surface area contributed by atoms with Crippen molar-refractivity contribution < 1.29 is 23.9 Å². The minimum Gasteiger partial charge on any atom is -0.484 e. The van der Waals surface area contributed by atoms with Crippen LogP contribution in [-0.2, 0) is 19.1 Å². The predicted molar refractivity (Wildman–Crippen MR) is 92.9 cm³/mol. The Balaban J connectivity index is 2.48. The van der Waals surface area contributed by atoms with Crippen molar-refractivity contribution in [1.29, 1.82) is 0 Å². The van der Waals surface area contributed by atoms with Crippen LogP contribution >= 0.6 is 0 Å². The van der Waals surface area contributed by atoms with Gasteiger partial charge >= 0.3 is 5.97 Å². The molecule has 7 heteroatoms. The average Bonchev–Trinajstić information content (AvgIpc) is 2.59. The molecule has 0 heterocycles. The first-order valence-electron chi connectivity index (χ1n) is 8.19. The number of ether oxygens (including phenoxy) is 2. The maximum atomic E-state index is 12.2. The van der Waals surface area contributed by atoms with Gasteiger partial charge in [-0.2, -0.15) is 0 Å². The van der Waals surface area contributed by atoms with Gasteiger partial charge in [0.05, 0.1) is 7.11 Å². The molecule has 2 atom stereocenters. The van der Waals surface area contributed by atoms with Crippen molar-refractivity contribution in [1.82, 2.24) is 10.6 Å². The highest BCUT2D eigenvalue weighted by molar-refractivity contribution is 5.90. The molecule has 2 amide bonds. The van der Waals surface area contributed by atoms with Crippen LogP contribution < -0.4 is 15.4 Å². The zero-order chi connectivity index (χ0) is 18.8. The molecule has 0 saturated carbocycles. The SMILES string of the molecule is COC(=O)[C@@H](CC(C)C)NC(=O)[C@H](C)NC(=O)COc1ccccc1. The summed E-state index contributed by atoms with van der Waals surface area (Å²) in [5, 5.41) is 5.15. The molecule has 0 saturated heterocycles. The zero-order valence-electron chi connectivity index (χ0n) is 15.1. The smallest absolute Gasteiger partial charge is 0.328 e. The lowest BCUT2D eigenvalue weighted by Gasteiger charge is -2.21. The van der Waals surface area contributed by atoms with Crippen LogP contribution in [0.1, 0.15) is 27.2 Å². The molecule has 1 rings (SSSR count). The van der Waals surface area contributed by atoms with Crippen molar-refractivity contribution in [3.05, 3.63) is 30.3 Å². The van der Waals surface area contributed by atoms with Gasteiger partial charge in [0.25, 0.3) is 5.91 Å². The van der Waals surface area contributed by atoms with E-state index in [1.54, 1.807) is 31.2 Å². The monoisotopic (exact) mass is 350 g/mol. The molecule has 1 aromatic rings. The van der Waals surface area contributed by atoms with E-state index >= 15 is 0 Å². The van der Waals surface area contributed by atoms with E-state index in [-0.39, 0.29) is 12.5 Å². The van der Waals surface area contributed by atoms with E-state index < -0.39 is 29.9 Å². The molecule has 7 nitrogen and oxygen atoms in total. The number of methoxy groups -OCH3 is 1. The normalized spacial score (nSPS) is 12.8. The Morgan fingerprint density at radius 3 is 2.24 bits per heavy atom. The van der Waals surface area contributed by atoms with Crippen molar-refractivity contribution in [3.63, 3.8) is 0 Å². The lowest BCUT2D eigenvalue weighted by molar-refractivity contribution is -0.145. The Kier molecular flexibility index (Phi) is 8.46. The fourth-order valence-corrected chi connectivity index (χ4v) is 2.14. The number of nitrogens with one attached hydrogen (secondary N) is 2.